The van der Waals surface area contributed by atoms with Gasteiger partial charge in [-0.3, -0.25) is 0 Å². The molecule has 0 aliphatic rings. The van der Waals surface area contributed by atoms with Crippen LogP contribution in [0.2, 0.25) is 0 Å². The molecule has 0 heterocycles. The van der Waals surface area contributed by atoms with Gasteiger partial charge in [-0.05, 0) is 30.7 Å². The molecule has 0 fully saturated rings. The fourth-order valence-corrected chi connectivity index (χ4v) is 1.24. The Morgan fingerprint density at radius 2 is 2.24 bits per heavy atom. The predicted molar refractivity (Wildman–Crippen MR) is 65.1 cm³/mol. The smallest absolute Gasteiger partial charge is 0.328 e. The van der Waals surface area contributed by atoms with E-state index in [1.54, 1.807) is 6.07 Å². The molecule has 1 rings (SSSR count). The number of benzene rings is 1. The van der Waals surface area contributed by atoms with Crippen LogP contribution in [-0.4, -0.2) is 30.9 Å². The van der Waals surface area contributed by atoms with Gasteiger partial charge in [-0.25, -0.2) is 4.79 Å². The highest BCUT2D eigenvalue weighted by Gasteiger charge is 1.95. The van der Waals surface area contributed by atoms with Gasteiger partial charge in [0, 0.05) is 12.7 Å². The summed E-state index contributed by atoms with van der Waals surface area (Å²) in [4.78, 5) is 10.4. The second kappa shape index (κ2) is 7.46. The molecule has 17 heavy (non-hydrogen) atoms. The summed E-state index contributed by atoms with van der Waals surface area (Å²) < 4.78 is 10.6. The molecule has 1 N–H and O–H groups in total. The molecule has 0 aromatic heterocycles. The van der Waals surface area contributed by atoms with Crippen molar-refractivity contribution in [3.63, 3.8) is 0 Å². The van der Waals surface area contributed by atoms with Crippen LogP contribution in [0.15, 0.2) is 30.3 Å². The highest BCUT2D eigenvalue weighted by atomic mass is 16.5. The molecule has 4 nitrogen and oxygen atoms in total. The lowest BCUT2D eigenvalue weighted by atomic mass is 10.2. The molecule has 1 aromatic carbocycles. The fourth-order valence-electron chi connectivity index (χ4n) is 1.24. The van der Waals surface area contributed by atoms with E-state index in [-0.39, 0.29) is 0 Å². The van der Waals surface area contributed by atoms with Gasteiger partial charge in [0.15, 0.2) is 0 Å². The van der Waals surface area contributed by atoms with Crippen LogP contribution in [0.5, 0.6) is 5.75 Å². The van der Waals surface area contributed by atoms with Gasteiger partial charge in [0.05, 0.1) is 6.61 Å². The van der Waals surface area contributed by atoms with Crippen molar-refractivity contribution in [1.82, 2.24) is 0 Å². The topological polar surface area (TPSA) is 55.8 Å². The van der Waals surface area contributed by atoms with Crippen LogP contribution in [0, 0.1) is 0 Å². The van der Waals surface area contributed by atoms with Crippen molar-refractivity contribution in [2.24, 2.45) is 0 Å². The Morgan fingerprint density at radius 1 is 1.41 bits per heavy atom. The summed E-state index contributed by atoms with van der Waals surface area (Å²) in [6, 6.07) is 7.24. The largest absolute Gasteiger partial charge is 0.491 e. The van der Waals surface area contributed by atoms with Crippen molar-refractivity contribution >= 4 is 12.0 Å². The molecule has 0 unspecified atom stereocenters. The molecule has 0 aliphatic heterocycles. The summed E-state index contributed by atoms with van der Waals surface area (Å²) in [5, 5.41) is 8.51. The Morgan fingerprint density at radius 3 is 2.94 bits per heavy atom. The average Bonchev–Trinajstić information content (AvgIpc) is 2.33. The van der Waals surface area contributed by atoms with E-state index >= 15 is 0 Å². The minimum atomic E-state index is -0.965. The van der Waals surface area contributed by atoms with E-state index < -0.39 is 5.97 Å². The maximum absolute atomic E-state index is 10.4. The predicted octanol–water partition coefficient (Wildman–Crippen LogP) is 2.20. The van der Waals surface area contributed by atoms with Crippen molar-refractivity contribution in [1.29, 1.82) is 0 Å². The van der Waals surface area contributed by atoms with Crippen LogP contribution < -0.4 is 4.74 Å². The van der Waals surface area contributed by atoms with Crippen LogP contribution in [0.3, 0.4) is 0 Å². The van der Waals surface area contributed by atoms with Gasteiger partial charge in [-0.2, -0.15) is 0 Å². The highest BCUT2D eigenvalue weighted by molar-refractivity contribution is 5.85. The van der Waals surface area contributed by atoms with E-state index in [0.717, 1.165) is 11.6 Å². The Labute approximate surface area is 100 Å². The normalized spacial score (nSPS) is 10.6. The zero-order valence-electron chi connectivity index (χ0n) is 9.76. The minimum absolute atomic E-state index is 0.486. The van der Waals surface area contributed by atoms with Gasteiger partial charge in [0.25, 0.3) is 0 Å². The quantitative estimate of drug-likeness (QED) is 0.582. The zero-order chi connectivity index (χ0) is 12.5. The number of carbonyl (C=O) groups is 1. The zero-order valence-corrected chi connectivity index (χ0v) is 9.76. The minimum Gasteiger partial charge on any atom is -0.491 e. The molecular formula is C13H16O4. The van der Waals surface area contributed by atoms with Crippen LogP contribution in [0.4, 0.5) is 0 Å². The third-order valence-electron chi connectivity index (χ3n) is 1.98. The monoisotopic (exact) mass is 236 g/mol. The molecule has 4 heteroatoms. The maximum Gasteiger partial charge on any atom is 0.328 e. The summed E-state index contributed by atoms with van der Waals surface area (Å²) in [7, 11) is 0. The molecule has 0 spiro atoms. The Balaban J connectivity index is 2.50. The molecule has 0 saturated heterocycles. The molecule has 0 amide bonds. The van der Waals surface area contributed by atoms with Crippen molar-refractivity contribution in [3.8, 4) is 5.75 Å². The van der Waals surface area contributed by atoms with Crippen LogP contribution in [0.1, 0.15) is 12.5 Å². The first-order valence-electron chi connectivity index (χ1n) is 5.44. The number of hydrogen-bond acceptors (Lipinski definition) is 3. The number of rotatable bonds is 7. The van der Waals surface area contributed by atoms with Crippen LogP contribution in [-0.2, 0) is 9.53 Å². The molecule has 0 atom stereocenters. The van der Waals surface area contributed by atoms with Gasteiger partial charge < -0.3 is 14.6 Å². The third kappa shape index (κ3) is 5.73. The molecule has 0 bridgehead atoms. The van der Waals surface area contributed by atoms with Gasteiger partial charge in [0.2, 0.25) is 0 Å². The fraction of sp³-hybridized carbons (Fsp3) is 0.308. The van der Waals surface area contributed by atoms with Crippen molar-refractivity contribution in [2.75, 3.05) is 19.8 Å². The van der Waals surface area contributed by atoms with E-state index in [9.17, 15) is 4.79 Å². The van der Waals surface area contributed by atoms with E-state index in [4.69, 9.17) is 14.6 Å². The van der Waals surface area contributed by atoms with E-state index in [1.807, 2.05) is 25.1 Å². The van der Waals surface area contributed by atoms with Gasteiger partial charge in [-0.15, -0.1) is 0 Å². The lowest BCUT2D eigenvalue weighted by molar-refractivity contribution is -0.131. The van der Waals surface area contributed by atoms with E-state index in [2.05, 4.69) is 0 Å². The molecule has 0 radical (unpaired) electrons. The average molecular weight is 236 g/mol. The summed E-state index contributed by atoms with van der Waals surface area (Å²) in [6.45, 7) is 3.63. The number of hydrogen-bond donors (Lipinski definition) is 1. The number of carboxylic acid groups (broad SMARTS) is 1. The molecular weight excluding hydrogens is 220 g/mol. The lowest BCUT2D eigenvalue weighted by Crippen LogP contribution is -2.06. The highest BCUT2D eigenvalue weighted by Crippen LogP contribution is 2.14. The van der Waals surface area contributed by atoms with Gasteiger partial charge in [-0.1, -0.05) is 12.1 Å². The summed E-state index contributed by atoms with van der Waals surface area (Å²) in [6.07, 6.45) is 2.62. The molecule has 0 saturated carbocycles. The van der Waals surface area contributed by atoms with E-state index in [0.29, 0.717) is 25.6 Å². The van der Waals surface area contributed by atoms with Crippen LogP contribution in [0.25, 0.3) is 6.08 Å². The summed E-state index contributed by atoms with van der Waals surface area (Å²) in [5.41, 5.74) is 0.793. The maximum atomic E-state index is 10.4. The molecule has 0 aliphatic carbocycles. The van der Waals surface area contributed by atoms with Crippen LogP contribution >= 0.6 is 0 Å². The first kappa shape index (κ1) is 13.3. The molecule has 92 valence electrons. The van der Waals surface area contributed by atoms with Crippen molar-refractivity contribution in [2.45, 2.75) is 6.92 Å². The Kier molecular flexibility index (Phi) is 5.82. The lowest BCUT2D eigenvalue weighted by Gasteiger charge is -2.06. The first-order chi connectivity index (χ1) is 8.22. The first-order valence-corrected chi connectivity index (χ1v) is 5.44. The third-order valence-corrected chi connectivity index (χ3v) is 1.98. The summed E-state index contributed by atoms with van der Waals surface area (Å²) >= 11 is 0. The number of ether oxygens (including phenoxy) is 2. The second-order valence-corrected chi connectivity index (χ2v) is 3.29. The number of aliphatic carboxylic acids is 1. The van der Waals surface area contributed by atoms with Gasteiger partial charge in [0.1, 0.15) is 12.4 Å². The Hall–Kier alpha value is -1.81. The van der Waals surface area contributed by atoms with Crippen molar-refractivity contribution < 1.29 is 19.4 Å². The number of carboxylic acids is 1. The van der Waals surface area contributed by atoms with Crippen molar-refractivity contribution in [3.05, 3.63) is 35.9 Å². The standard InChI is InChI=1S/C13H16O4/c1-2-16-8-9-17-12-5-3-4-11(10-12)6-7-13(14)15/h3-7,10H,2,8-9H2,1H3,(H,14,15)/b7-6+. The second-order valence-electron chi connectivity index (χ2n) is 3.29. The SMILES string of the molecule is CCOCCOc1cccc(/C=C/C(=O)O)c1. The van der Waals surface area contributed by atoms with Gasteiger partial charge >= 0.3 is 5.97 Å². The molecule has 1 aromatic rings. The Bertz CT molecular complexity index is 385. The van der Waals surface area contributed by atoms with E-state index in [1.165, 1.54) is 6.08 Å². The summed E-state index contributed by atoms with van der Waals surface area (Å²) in [5.74, 6) is -0.259.